The third kappa shape index (κ3) is 5.79. The molecule has 0 unspecified atom stereocenters. The van der Waals surface area contributed by atoms with Gasteiger partial charge in [0.2, 0.25) is 15.9 Å². The lowest BCUT2D eigenvalue weighted by Gasteiger charge is -2.17. The molecule has 1 aromatic carbocycles. The number of carbonyl (C=O) groups is 1. The van der Waals surface area contributed by atoms with Crippen LogP contribution in [0.25, 0.3) is 0 Å². The molecular weight excluding hydrogens is 384 g/mol. The molecule has 7 nitrogen and oxygen atoms in total. The third-order valence-electron chi connectivity index (χ3n) is 3.58. The molecule has 142 valence electrons. The van der Waals surface area contributed by atoms with Crippen LogP contribution in [0.2, 0.25) is 0 Å². The van der Waals surface area contributed by atoms with Crippen LogP contribution in [0.3, 0.4) is 0 Å². The summed E-state index contributed by atoms with van der Waals surface area (Å²) in [5.41, 5.74) is 0.588. The minimum absolute atomic E-state index is 0.0294. The zero-order chi connectivity index (χ0) is 19.9. The molecule has 0 aliphatic rings. The van der Waals surface area contributed by atoms with Gasteiger partial charge in [0.25, 0.3) is 0 Å². The number of aromatic nitrogens is 1. The summed E-state index contributed by atoms with van der Waals surface area (Å²) in [7, 11) is -2.45. The van der Waals surface area contributed by atoms with Gasteiger partial charge in [-0.2, -0.15) is 9.57 Å². The molecule has 2 aromatic rings. The van der Waals surface area contributed by atoms with E-state index in [1.807, 2.05) is 19.1 Å². The maximum absolute atomic E-state index is 12.5. The van der Waals surface area contributed by atoms with Gasteiger partial charge in [0.15, 0.2) is 0 Å². The number of carbonyl (C=O) groups excluding carboxylic acids is 1. The van der Waals surface area contributed by atoms with E-state index in [1.165, 1.54) is 43.3 Å². The quantitative estimate of drug-likeness (QED) is 0.678. The fraction of sp³-hybridized carbons (Fsp3) is 0.278. The predicted molar refractivity (Wildman–Crippen MR) is 105 cm³/mol. The van der Waals surface area contributed by atoms with E-state index in [9.17, 15) is 13.2 Å². The van der Waals surface area contributed by atoms with Crippen molar-refractivity contribution in [3.63, 3.8) is 0 Å². The van der Waals surface area contributed by atoms with Crippen LogP contribution in [0, 0.1) is 17.2 Å². The Bertz CT molecular complexity index is 927. The molecule has 0 saturated heterocycles. The molecule has 0 spiro atoms. The first-order chi connectivity index (χ1) is 12.8. The summed E-state index contributed by atoms with van der Waals surface area (Å²) in [5, 5.41) is 11.6. The maximum atomic E-state index is 12.5. The normalized spacial score (nSPS) is 12.4. The van der Waals surface area contributed by atoms with Crippen molar-refractivity contribution >= 4 is 33.4 Å². The Morgan fingerprint density at radius 1 is 1.33 bits per heavy atom. The van der Waals surface area contributed by atoms with Gasteiger partial charge >= 0.3 is 0 Å². The highest BCUT2D eigenvalue weighted by molar-refractivity contribution is 7.99. The number of pyridine rings is 1. The van der Waals surface area contributed by atoms with Gasteiger partial charge in [-0.15, -0.1) is 11.8 Å². The third-order valence-corrected chi connectivity index (χ3v) is 6.70. The number of anilines is 1. The molecule has 0 bridgehead atoms. The van der Waals surface area contributed by atoms with Gasteiger partial charge in [0.05, 0.1) is 24.2 Å². The number of sulfonamides is 1. The van der Waals surface area contributed by atoms with E-state index >= 15 is 0 Å². The molecule has 0 aliphatic heterocycles. The van der Waals surface area contributed by atoms with Gasteiger partial charge in [-0.25, -0.2) is 8.42 Å². The zero-order valence-corrected chi connectivity index (χ0v) is 16.6. The van der Waals surface area contributed by atoms with Crippen LogP contribution < -0.4 is 5.32 Å². The second kappa shape index (κ2) is 9.50. The largest absolute Gasteiger partial charge is 0.324 e. The van der Waals surface area contributed by atoms with E-state index < -0.39 is 15.9 Å². The highest BCUT2D eigenvalue weighted by atomic mass is 32.2. The maximum Gasteiger partial charge on any atom is 0.244 e. The van der Waals surface area contributed by atoms with E-state index in [0.717, 1.165) is 9.20 Å². The summed E-state index contributed by atoms with van der Waals surface area (Å²) in [6, 6.07) is 12.3. The Morgan fingerprint density at radius 2 is 2.07 bits per heavy atom. The first-order valence-electron chi connectivity index (χ1n) is 8.12. The SMILES string of the molecule is C[C@H](C#N)CSc1ccccc1NC(=O)CN(C)S(=O)(=O)c1cccnc1. The van der Waals surface area contributed by atoms with E-state index in [2.05, 4.69) is 16.4 Å². The molecule has 2 rings (SSSR count). The number of benzene rings is 1. The minimum Gasteiger partial charge on any atom is -0.324 e. The van der Waals surface area contributed by atoms with Gasteiger partial charge < -0.3 is 5.32 Å². The van der Waals surface area contributed by atoms with Crippen molar-refractivity contribution in [2.45, 2.75) is 16.7 Å². The number of amides is 1. The van der Waals surface area contributed by atoms with E-state index in [1.54, 1.807) is 12.1 Å². The number of thioether (sulfide) groups is 1. The summed E-state index contributed by atoms with van der Waals surface area (Å²) < 4.78 is 25.9. The van der Waals surface area contributed by atoms with Gasteiger partial charge in [-0.1, -0.05) is 12.1 Å². The van der Waals surface area contributed by atoms with Crippen molar-refractivity contribution in [2.75, 3.05) is 24.7 Å². The zero-order valence-electron chi connectivity index (χ0n) is 15.0. The smallest absolute Gasteiger partial charge is 0.244 e. The monoisotopic (exact) mass is 404 g/mol. The summed E-state index contributed by atoms with van der Waals surface area (Å²) >= 11 is 1.47. The lowest BCUT2D eigenvalue weighted by molar-refractivity contribution is -0.116. The van der Waals surface area contributed by atoms with Crippen LogP contribution in [-0.2, 0) is 14.8 Å². The van der Waals surface area contributed by atoms with Crippen molar-refractivity contribution in [1.29, 1.82) is 5.26 Å². The van der Waals surface area contributed by atoms with Gasteiger partial charge in [-0.05, 0) is 31.2 Å². The van der Waals surface area contributed by atoms with E-state index in [4.69, 9.17) is 5.26 Å². The average molecular weight is 405 g/mol. The van der Waals surface area contributed by atoms with Crippen LogP contribution in [0.4, 0.5) is 5.69 Å². The molecule has 0 aliphatic carbocycles. The van der Waals surface area contributed by atoms with Crippen LogP contribution in [0.5, 0.6) is 0 Å². The van der Waals surface area contributed by atoms with Crippen molar-refractivity contribution in [3.05, 3.63) is 48.8 Å². The predicted octanol–water partition coefficient (Wildman–Crippen LogP) is 2.59. The number of rotatable bonds is 8. The molecule has 1 aromatic heterocycles. The number of nitrogens with one attached hydrogen (secondary N) is 1. The highest BCUT2D eigenvalue weighted by Gasteiger charge is 2.23. The number of para-hydroxylation sites is 1. The molecule has 27 heavy (non-hydrogen) atoms. The first-order valence-corrected chi connectivity index (χ1v) is 10.5. The topological polar surface area (TPSA) is 103 Å². The second-order valence-corrected chi connectivity index (χ2v) is 8.94. The fourth-order valence-corrected chi connectivity index (χ4v) is 4.15. The van der Waals surface area contributed by atoms with Gasteiger partial charge in [0.1, 0.15) is 4.90 Å². The number of nitriles is 1. The number of nitrogens with zero attached hydrogens (tertiary/aromatic N) is 3. The van der Waals surface area contributed by atoms with Crippen molar-refractivity contribution in [1.82, 2.24) is 9.29 Å². The highest BCUT2D eigenvalue weighted by Crippen LogP contribution is 2.28. The lowest BCUT2D eigenvalue weighted by atomic mass is 10.3. The molecule has 1 N–H and O–H groups in total. The van der Waals surface area contributed by atoms with Crippen LogP contribution >= 0.6 is 11.8 Å². The summed E-state index contributed by atoms with van der Waals surface area (Å²) in [6.45, 7) is 1.50. The van der Waals surface area contributed by atoms with Crippen molar-refractivity contribution in [3.8, 4) is 6.07 Å². The van der Waals surface area contributed by atoms with Crippen molar-refractivity contribution < 1.29 is 13.2 Å². The van der Waals surface area contributed by atoms with E-state index in [-0.39, 0.29) is 17.4 Å². The molecular formula is C18H20N4O3S2. The lowest BCUT2D eigenvalue weighted by Crippen LogP contribution is -2.35. The average Bonchev–Trinajstić information content (AvgIpc) is 2.67. The Kier molecular flexibility index (Phi) is 7.36. The molecule has 1 atom stereocenters. The Morgan fingerprint density at radius 3 is 2.74 bits per heavy atom. The van der Waals surface area contributed by atoms with Gasteiger partial charge in [0, 0.05) is 30.1 Å². The number of likely N-dealkylation sites (N-methyl/N-ethyl adjacent to an activating group) is 1. The van der Waals surface area contributed by atoms with E-state index in [0.29, 0.717) is 11.4 Å². The molecule has 0 radical (unpaired) electrons. The van der Waals surface area contributed by atoms with Crippen LogP contribution in [0.15, 0.2) is 58.6 Å². The summed E-state index contributed by atoms with van der Waals surface area (Å²) in [6.07, 6.45) is 2.72. The van der Waals surface area contributed by atoms with Crippen LogP contribution in [-0.4, -0.2) is 43.0 Å². The van der Waals surface area contributed by atoms with Crippen molar-refractivity contribution in [2.24, 2.45) is 5.92 Å². The van der Waals surface area contributed by atoms with Crippen LogP contribution in [0.1, 0.15) is 6.92 Å². The standard InChI is InChI=1S/C18H20N4O3S2/c1-14(10-19)13-26-17-8-4-3-7-16(17)21-18(23)12-22(2)27(24,25)15-6-5-9-20-11-15/h3-9,11,14H,12-13H2,1-2H3,(H,21,23)/t14-/m1/s1. The first kappa shape index (κ1) is 20.9. The number of hydrogen-bond donors (Lipinski definition) is 1. The molecule has 0 saturated carbocycles. The Balaban J connectivity index is 2.05. The minimum atomic E-state index is -3.79. The molecule has 1 heterocycles. The molecule has 0 fully saturated rings. The Hall–Kier alpha value is -2.41. The summed E-state index contributed by atoms with van der Waals surface area (Å²) in [4.78, 5) is 17.0. The molecule has 1 amide bonds. The molecule has 9 heteroatoms. The Labute approximate surface area is 163 Å². The van der Waals surface area contributed by atoms with Gasteiger partial charge in [-0.3, -0.25) is 9.78 Å². The summed E-state index contributed by atoms with van der Waals surface area (Å²) in [5.74, 6) is 0.0273. The second-order valence-electron chi connectivity index (χ2n) is 5.84. The fourth-order valence-electron chi connectivity index (χ4n) is 2.10. The number of hydrogen-bond acceptors (Lipinski definition) is 6.